The van der Waals surface area contributed by atoms with E-state index in [1.807, 2.05) is 18.2 Å². The lowest BCUT2D eigenvalue weighted by Crippen LogP contribution is -2.17. The highest BCUT2D eigenvalue weighted by atomic mass is 16.3. The first-order chi connectivity index (χ1) is 26.5. The molecule has 3 aromatic rings. The highest BCUT2D eigenvalue weighted by Gasteiger charge is 2.31. The maximum Gasteiger partial charge on any atom is 0.0904 e. The molecule has 0 fully saturated rings. The van der Waals surface area contributed by atoms with Crippen LogP contribution in [0.4, 0.5) is 0 Å². The molecule has 0 amide bonds. The fourth-order valence-corrected chi connectivity index (χ4v) is 7.82. The van der Waals surface area contributed by atoms with E-state index in [0.29, 0.717) is 29.8 Å². The van der Waals surface area contributed by atoms with Gasteiger partial charge in [-0.2, -0.15) is 0 Å². The zero-order valence-corrected chi connectivity index (χ0v) is 36.2. The number of aromatic nitrogens is 1. The second kappa shape index (κ2) is 14.1. The van der Waals surface area contributed by atoms with Crippen molar-refractivity contribution >= 4 is 34.4 Å². The van der Waals surface area contributed by atoms with Crippen LogP contribution < -0.4 is 0 Å². The van der Waals surface area contributed by atoms with E-state index in [4.69, 9.17) is 15.0 Å². The van der Waals surface area contributed by atoms with Crippen LogP contribution in [0, 0.1) is 0 Å². The standard InChI is InChI=1S/C51H60N4O2/c1-29(57)37-27-45-47(31-22-34(50(8,9)10)25-35(23-31)51(11,12)13)43-19-17-40(54-43)38(28-56)39-16-18-42(53-39)46(41-15-14-36(52-41)26-44(37)55-45)30-20-32(48(2,3)4)24-33(21-30)49(5,6)7/h14-16,18,20-29,52,56-57H,17,19H2,1-13H3/b38-28+,44-26?,46-42?,47-43?. The molecule has 5 heterocycles. The molecular weight excluding hydrogens is 701 g/mol. The smallest absolute Gasteiger partial charge is 0.0904 e. The molecule has 6 nitrogen and oxygen atoms in total. The minimum absolute atomic E-state index is 0.0768. The molecule has 0 saturated heterocycles. The van der Waals surface area contributed by atoms with Gasteiger partial charge in [0.2, 0.25) is 0 Å². The van der Waals surface area contributed by atoms with Crippen LogP contribution in [0.3, 0.4) is 0 Å². The summed E-state index contributed by atoms with van der Waals surface area (Å²) in [5, 5.41) is 22.1. The lowest BCUT2D eigenvalue weighted by Gasteiger charge is -2.27. The molecule has 1 unspecified atom stereocenters. The van der Waals surface area contributed by atoms with Crippen molar-refractivity contribution in [1.82, 2.24) is 4.98 Å². The molecule has 0 aliphatic carbocycles. The average molecular weight is 761 g/mol. The predicted molar refractivity (Wildman–Crippen MR) is 241 cm³/mol. The number of fused-ring (bicyclic) bond motifs is 5. The normalized spacial score (nSPS) is 18.9. The predicted octanol–water partition coefficient (Wildman–Crippen LogP) is 12.2. The van der Waals surface area contributed by atoms with Gasteiger partial charge >= 0.3 is 0 Å². The van der Waals surface area contributed by atoms with Crippen LogP contribution >= 0.6 is 0 Å². The number of hydrogen-bond acceptors (Lipinski definition) is 5. The minimum atomic E-state index is -0.748. The van der Waals surface area contributed by atoms with E-state index in [9.17, 15) is 10.2 Å². The van der Waals surface area contributed by atoms with Gasteiger partial charge in [-0.1, -0.05) is 119 Å². The van der Waals surface area contributed by atoms with E-state index in [-0.39, 0.29) is 21.7 Å². The lowest BCUT2D eigenvalue weighted by molar-refractivity contribution is 0.234. The number of hydrogen-bond donors (Lipinski definition) is 3. The number of allylic oxidation sites excluding steroid dienone is 6. The van der Waals surface area contributed by atoms with Crippen molar-refractivity contribution < 1.29 is 10.2 Å². The maximum absolute atomic E-state index is 11.2. The van der Waals surface area contributed by atoms with Gasteiger partial charge in [0, 0.05) is 28.1 Å². The summed E-state index contributed by atoms with van der Waals surface area (Å²) >= 11 is 0. The highest BCUT2D eigenvalue weighted by Crippen LogP contribution is 2.41. The van der Waals surface area contributed by atoms with Gasteiger partial charge in [0.25, 0.3) is 0 Å². The fourth-order valence-electron chi connectivity index (χ4n) is 7.82. The molecule has 296 valence electrons. The van der Waals surface area contributed by atoms with Crippen molar-refractivity contribution in [3.05, 3.63) is 146 Å². The van der Waals surface area contributed by atoms with E-state index in [0.717, 1.165) is 62.1 Å². The summed E-state index contributed by atoms with van der Waals surface area (Å²) in [5.41, 5.74) is 16.5. The molecule has 0 saturated carbocycles. The van der Waals surface area contributed by atoms with Gasteiger partial charge in [0.1, 0.15) is 0 Å². The number of rotatable bonds is 3. The number of aliphatic imine (C=N–C) groups is 3. The van der Waals surface area contributed by atoms with Gasteiger partial charge in [0.15, 0.2) is 0 Å². The Bertz CT molecular complexity index is 2390. The number of aromatic amines is 1. The largest absolute Gasteiger partial charge is 0.515 e. The van der Waals surface area contributed by atoms with Crippen molar-refractivity contribution in [2.45, 2.75) is 131 Å². The highest BCUT2D eigenvalue weighted by molar-refractivity contribution is 6.34. The van der Waals surface area contributed by atoms with E-state index in [1.165, 1.54) is 28.5 Å². The Morgan fingerprint density at radius 2 is 1.18 bits per heavy atom. The third-order valence-electron chi connectivity index (χ3n) is 11.5. The molecule has 8 bridgehead atoms. The van der Waals surface area contributed by atoms with Gasteiger partial charge < -0.3 is 15.2 Å². The Morgan fingerprint density at radius 1 is 0.632 bits per heavy atom. The van der Waals surface area contributed by atoms with Crippen molar-refractivity contribution in [2.75, 3.05) is 0 Å². The number of aliphatic hydroxyl groups is 2. The first kappa shape index (κ1) is 40.1. The molecule has 3 N–H and O–H groups in total. The molecule has 7 rings (SSSR count). The molecule has 0 spiro atoms. The van der Waals surface area contributed by atoms with E-state index >= 15 is 0 Å². The third-order valence-corrected chi connectivity index (χ3v) is 11.5. The summed E-state index contributed by atoms with van der Waals surface area (Å²) in [6.45, 7) is 28.8. The summed E-state index contributed by atoms with van der Waals surface area (Å²) < 4.78 is 0. The third kappa shape index (κ3) is 7.94. The quantitative estimate of drug-likeness (QED) is 0.232. The van der Waals surface area contributed by atoms with Crippen molar-refractivity contribution in [3.8, 4) is 0 Å². The van der Waals surface area contributed by atoms with Crippen LogP contribution in [0.5, 0.6) is 0 Å². The molecule has 1 atom stereocenters. The SMILES string of the molecule is CC(O)C1=CC2=NC1=Cc1ccc([nH]1)C(c1cc(C(C)(C)C)cc(C(C)(C)C)c1)=C1C=CC(=N1)/C(=C\O)C1=NC(=C2c2cc(C(C)(C)C)cc(C(C)(C)C)c2)CC1. The number of H-pyrrole nitrogens is 1. The van der Waals surface area contributed by atoms with Crippen LogP contribution in [-0.4, -0.2) is 38.4 Å². The van der Waals surface area contributed by atoms with Gasteiger partial charge in [-0.05, 0) is 111 Å². The van der Waals surface area contributed by atoms with E-state index < -0.39 is 6.10 Å². The number of aliphatic hydroxyl groups excluding tert-OH is 2. The summed E-state index contributed by atoms with van der Waals surface area (Å²) in [5.74, 6) is 0. The van der Waals surface area contributed by atoms with E-state index in [1.54, 1.807) is 6.92 Å². The molecule has 57 heavy (non-hydrogen) atoms. The topological polar surface area (TPSA) is 93.3 Å². The maximum atomic E-state index is 11.2. The summed E-state index contributed by atoms with van der Waals surface area (Å²) in [7, 11) is 0. The van der Waals surface area contributed by atoms with Crippen LogP contribution in [0.1, 0.15) is 148 Å². The Hall–Kier alpha value is -5.07. The molecule has 4 aliphatic rings. The van der Waals surface area contributed by atoms with Crippen LogP contribution in [0.2, 0.25) is 0 Å². The van der Waals surface area contributed by atoms with Crippen molar-refractivity contribution in [3.63, 3.8) is 0 Å². The minimum Gasteiger partial charge on any atom is -0.515 e. The number of nitrogens with one attached hydrogen (secondary N) is 1. The van der Waals surface area contributed by atoms with Crippen molar-refractivity contribution in [1.29, 1.82) is 0 Å². The Balaban J connectivity index is 1.52. The molecule has 6 heteroatoms. The number of benzene rings is 2. The second-order valence-corrected chi connectivity index (χ2v) is 20.2. The Labute approximate surface area is 340 Å². The molecule has 0 radical (unpaired) electrons. The molecule has 2 aromatic carbocycles. The first-order valence-electron chi connectivity index (χ1n) is 20.4. The van der Waals surface area contributed by atoms with Gasteiger partial charge in [-0.25, -0.2) is 9.98 Å². The Kier molecular flexibility index (Phi) is 9.92. The second-order valence-electron chi connectivity index (χ2n) is 20.2. The summed E-state index contributed by atoms with van der Waals surface area (Å²) in [6, 6.07) is 18.0. The molecule has 4 aliphatic heterocycles. The fraction of sp³-hybridized carbons (Fsp3) is 0.392. The van der Waals surface area contributed by atoms with Gasteiger partial charge in [0.05, 0.1) is 52.2 Å². The van der Waals surface area contributed by atoms with Crippen LogP contribution in [-0.2, 0) is 21.7 Å². The lowest BCUT2D eigenvalue weighted by atomic mass is 9.78. The zero-order valence-electron chi connectivity index (χ0n) is 36.2. The van der Waals surface area contributed by atoms with Crippen LogP contribution in [0.15, 0.2) is 116 Å². The average Bonchev–Trinajstić information content (AvgIpc) is 3.93. The molecule has 1 aromatic heterocycles. The van der Waals surface area contributed by atoms with Gasteiger partial charge in [-0.3, -0.25) is 4.99 Å². The first-order valence-corrected chi connectivity index (χ1v) is 20.4. The van der Waals surface area contributed by atoms with E-state index in [2.05, 4.69) is 143 Å². The number of nitrogens with zero attached hydrogens (tertiary/aromatic N) is 3. The Morgan fingerprint density at radius 3 is 1.68 bits per heavy atom. The van der Waals surface area contributed by atoms with Crippen molar-refractivity contribution in [2.24, 2.45) is 15.0 Å². The summed E-state index contributed by atoms with van der Waals surface area (Å²) in [4.78, 5) is 19.6. The van der Waals surface area contributed by atoms with Gasteiger partial charge in [-0.15, -0.1) is 0 Å². The molecular formula is C51H60N4O2. The van der Waals surface area contributed by atoms with Crippen LogP contribution in [0.25, 0.3) is 17.2 Å². The summed E-state index contributed by atoms with van der Waals surface area (Å²) in [6.07, 6.45) is 9.85. The monoisotopic (exact) mass is 760 g/mol. The zero-order chi connectivity index (χ0) is 41.4.